The number of fused-ring (bicyclic) bond motifs is 1. The number of piperidine rings is 1. The summed E-state index contributed by atoms with van der Waals surface area (Å²) in [5, 5.41) is 3.45. The average molecular weight is 510 g/mol. The number of ether oxygens (including phenoxy) is 1. The summed E-state index contributed by atoms with van der Waals surface area (Å²) < 4.78 is 5.43. The number of hydrogen-bond donors (Lipinski definition) is 1. The molecule has 1 fully saturated rings. The summed E-state index contributed by atoms with van der Waals surface area (Å²) in [4.78, 5) is 49.3. The summed E-state index contributed by atoms with van der Waals surface area (Å²) in [5.41, 5.74) is 2.79. The molecule has 2 amide bonds. The Bertz CT molecular complexity index is 1460. The minimum atomic E-state index is -0.402. The molecule has 1 saturated heterocycles. The van der Waals surface area contributed by atoms with Gasteiger partial charge in [-0.15, -0.1) is 0 Å². The van der Waals surface area contributed by atoms with E-state index < -0.39 is 5.91 Å². The molecule has 5 heterocycles. The number of hydrogen-bond acceptors (Lipinski definition) is 9. The molecule has 4 aromatic heterocycles. The van der Waals surface area contributed by atoms with E-state index in [0.29, 0.717) is 56.8 Å². The van der Waals surface area contributed by atoms with Crippen LogP contribution >= 0.6 is 22.9 Å². The maximum atomic E-state index is 13.3. The van der Waals surface area contributed by atoms with E-state index in [0.717, 1.165) is 18.5 Å². The number of carbonyl (C=O) groups is 2. The molecule has 12 heteroatoms. The Morgan fingerprint density at radius 2 is 1.97 bits per heavy atom. The highest BCUT2D eigenvalue weighted by Crippen LogP contribution is 2.34. The Morgan fingerprint density at radius 3 is 2.77 bits per heavy atom. The summed E-state index contributed by atoms with van der Waals surface area (Å²) in [6, 6.07) is 3.43. The zero-order valence-electron chi connectivity index (χ0n) is 18.9. The number of halogens is 1. The van der Waals surface area contributed by atoms with Crippen LogP contribution in [0.4, 0.5) is 11.1 Å². The van der Waals surface area contributed by atoms with Gasteiger partial charge in [-0.05, 0) is 31.9 Å². The van der Waals surface area contributed by atoms with Crippen LogP contribution in [-0.2, 0) is 4.79 Å². The Morgan fingerprint density at radius 1 is 1.11 bits per heavy atom. The molecular weight excluding hydrogens is 490 g/mol. The van der Waals surface area contributed by atoms with Gasteiger partial charge in [0.15, 0.2) is 9.96 Å². The lowest BCUT2D eigenvalue weighted by atomic mass is 10.0. The second-order valence-corrected chi connectivity index (χ2v) is 9.28. The zero-order valence-corrected chi connectivity index (χ0v) is 20.5. The molecule has 35 heavy (non-hydrogen) atoms. The molecule has 0 atom stereocenters. The highest BCUT2D eigenvalue weighted by atomic mass is 35.5. The Balaban J connectivity index is 1.46. The second kappa shape index (κ2) is 9.51. The number of nitrogens with zero attached hydrogens (tertiary/aromatic N) is 6. The standard InChI is InChI=1S/C23H20ClN7O3S/c1-12-7-13(14-8-18(24)26-11-17(14)34-2)15(9-25-12)20(33)29-23-28-16-10-27-22(30-21(16)35-23)31-6-4-3-5-19(31)32/h7-11H,3-6H2,1-2H3,(H,28,29,33). The van der Waals surface area contributed by atoms with Crippen molar-refractivity contribution in [2.45, 2.75) is 26.2 Å². The third kappa shape index (κ3) is 4.64. The van der Waals surface area contributed by atoms with E-state index in [1.54, 1.807) is 23.2 Å². The summed E-state index contributed by atoms with van der Waals surface area (Å²) in [6.45, 7) is 2.43. The molecule has 0 aliphatic carbocycles. The molecule has 4 aromatic rings. The van der Waals surface area contributed by atoms with Crippen molar-refractivity contribution < 1.29 is 14.3 Å². The van der Waals surface area contributed by atoms with Crippen LogP contribution in [0.15, 0.2) is 30.7 Å². The highest BCUT2D eigenvalue weighted by Gasteiger charge is 2.23. The van der Waals surface area contributed by atoms with Crippen molar-refractivity contribution in [1.82, 2.24) is 24.9 Å². The van der Waals surface area contributed by atoms with Crippen molar-refractivity contribution in [3.05, 3.63) is 47.1 Å². The largest absolute Gasteiger partial charge is 0.494 e. The quantitative estimate of drug-likeness (QED) is 0.395. The van der Waals surface area contributed by atoms with Gasteiger partial charge in [0.25, 0.3) is 5.91 Å². The number of nitrogens with one attached hydrogen (secondary N) is 1. The molecule has 0 spiro atoms. The van der Waals surface area contributed by atoms with Crippen molar-refractivity contribution in [2.75, 3.05) is 23.9 Å². The van der Waals surface area contributed by atoms with Crippen LogP contribution in [0.25, 0.3) is 21.5 Å². The molecule has 178 valence electrons. The first-order valence-corrected chi connectivity index (χ1v) is 12.0. The fraction of sp³-hybridized carbons (Fsp3) is 0.261. The van der Waals surface area contributed by atoms with Gasteiger partial charge in [0.05, 0.1) is 25.1 Å². The zero-order chi connectivity index (χ0) is 24.5. The van der Waals surface area contributed by atoms with E-state index in [4.69, 9.17) is 16.3 Å². The van der Waals surface area contributed by atoms with Crippen LogP contribution in [0.1, 0.15) is 35.3 Å². The minimum Gasteiger partial charge on any atom is -0.494 e. The van der Waals surface area contributed by atoms with Crippen LogP contribution in [-0.4, -0.2) is 50.4 Å². The first kappa shape index (κ1) is 23.1. The lowest BCUT2D eigenvalue weighted by Crippen LogP contribution is -2.36. The van der Waals surface area contributed by atoms with Gasteiger partial charge in [-0.25, -0.2) is 15.0 Å². The third-order valence-electron chi connectivity index (χ3n) is 5.55. The molecule has 0 unspecified atom stereocenters. The van der Waals surface area contributed by atoms with Gasteiger partial charge in [-0.2, -0.15) is 4.98 Å². The van der Waals surface area contributed by atoms with Crippen molar-refractivity contribution >= 4 is 56.2 Å². The SMILES string of the molecule is COc1cnc(Cl)cc1-c1cc(C)ncc1C(=O)Nc1nc2cnc(N3CCCCC3=O)nc2s1. The van der Waals surface area contributed by atoms with Crippen molar-refractivity contribution in [1.29, 1.82) is 0 Å². The summed E-state index contributed by atoms with van der Waals surface area (Å²) >= 11 is 7.33. The van der Waals surface area contributed by atoms with E-state index in [2.05, 4.69) is 30.2 Å². The molecule has 1 aliphatic rings. The number of carbonyl (C=O) groups excluding carboxylic acids is 2. The fourth-order valence-corrected chi connectivity index (χ4v) is 4.81. The number of anilines is 2. The number of aryl methyl sites for hydroxylation is 1. The number of thiazole rings is 1. The molecule has 0 radical (unpaired) electrons. The highest BCUT2D eigenvalue weighted by molar-refractivity contribution is 7.22. The first-order valence-electron chi connectivity index (χ1n) is 10.8. The summed E-state index contributed by atoms with van der Waals surface area (Å²) in [5.74, 6) is 0.445. The smallest absolute Gasteiger partial charge is 0.259 e. The number of methoxy groups -OCH3 is 1. The molecule has 1 aliphatic heterocycles. The van der Waals surface area contributed by atoms with Crippen LogP contribution in [0, 0.1) is 6.92 Å². The molecule has 0 aromatic carbocycles. The minimum absolute atomic E-state index is 0.0136. The van der Waals surface area contributed by atoms with Crippen molar-refractivity contribution in [3.63, 3.8) is 0 Å². The number of amides is 2. The molecule has 10 nitrogen and oxygen atoms in total. The topological polar surface area (TPSA) is 123 Å². The molecule has 1 N–H and O–H groups in total. The predicted molar refractivity (Wildman–Crippen MR) is 133 cm³/mol. The molecule has 0 bridgehead atoms. The van der Waals surface area contributed by atoms with Crippen LogP contribution in [0.3, 0.4) is 0 Å². The van der Waals surface area contributed by atoms with Crippen LogP contribution in [0.2, 0.25) is 5.15 Å². The summed E-state index contributed by atoms with van der Waals surface area (Å²) in [7, 11) is 1.52. The summed E-state index contributed by atoms with van der Waals surface area (Å²) in [6.07, 6.45) is 6.85. The number of rotatable bonds is 5. The van der Waals surface area contributed by atoms with Gasteiger partial charge in [-0.1, -0.05) is 22.9 Å². The van der Waals surface area contributed by atoms with Crippen molar-refractivity contribution in [2.24, 2.45) is 0 Å². The van der Waals surface area contributed by atoms with E-state index in [1.807, 2.05) is 6.92 Å². The predicted octanol–water partition coefficient (Wildman–Crippen LogP) is 4.28. The lowest BCUT2D eigenvalue weighted by molar-refractivity contribution is -0.119. The molecule has 0 saturated carbocycles. The van der Waals surface area contributed by atoms with E-state index >= 15 is 0 Å². The van der Waals surface area contributed by atoms with Crippen LogP contribution < -0.4 is 15.0 Å². The second-order valence-electron chi connectivity index (χ2n) is 7.91. The van der Waals surface area contributed by atoms with Gasteiger partial charge >= 0.3 is 0 Å². The maximum Gasteiger partial charge on any atom is 0.259 e. The van der Waals surface area contributed by atoms with Gasteiger partial charge < -0.3 is 4.74 Å². The van der Waals surface area contributed by atoms with Gasteiger partial charge in [-0.3, -0.25) is 24.8 Å². The van der Waals surface area contributed by atoms with Crippen LogP contribution in [0.5, 0.6) is 5.75 Å². The fourth-order valence-electron chi connectivity index (χ4n) is 3.85. The Labute approximate surface area is 209 Å². The molecular formula is C23H20ClN7O3S. The van der Waals surface area contributed by atoms with Gasteiger partial charge in [0, 0.05) is 36.0 Å². The monoisotopic (exact) mass is 509 g/mol. The third-order valence-corrected chi connectivity index (χ3v) is 6.64. The first-order chi connectivity index (χ1) is 16.9. The van der Waals surface area contributed by atoms with E-state index in [-0.39, 0.29) is 11.1 Å². The lowest BCUT2D eigenvalue weighted by Gasteiger charge is -2.24. The molecule has 5 rings (SSSR count). The van der Waals surface area contributed by atoms with Gasteiger partial charge in [0.1, 0.15) is 16.4 Å². The van der Waals surface area contributed by atoms with Crippen molar-refractivity contribution in [3.8, 4) is 16.9 Å². The Kier molecular flexibility index (Phi) is 6.27. The van der Waals surface area contributed by atoms with Gasteiger partial charge in [0.2, 0.25) is 11.9 Å². The number of aromatic nitrogens is 5. The van der Waals surface area contributed by atoms with E-state index in [9.17, 15) is 9.59 Å². The average Bonchev–Trinajstić information content (AvgIpc) is 3.25. The Hall–Kier alpha value is -3.70. The number of pyridine rings is 2. The maximum absolute atomic E-state index is 13.3. The normalized spacial score (nSPS) is 13.8. The van der Waals surface area contributed by atoms with E-state index in [1.165, 1.54) is 30.8 Å².